The van der Waals surface area contributed by atoms with Crippen molar-refractivity contribution in [3.63, 3.8) is 0 Å². The minimum Gasteiger partial charge on any atom is -0.407 e. The molecule has 1 aromatic rings. The van der Waals surface area contributed by atoms with Crippen LogP contribution < -0.4 is 10.2 Å². The molecule has 6 heteroatoms. The lowest BCUT2D eigenvalue weighted by Crippen LogP contribution is -2.19. The van der Waals surface area contributed by atoms with Crippen LogP contribution in [0.15, 0.2) is 4.42 Å². The number of methoxy groups -OCH3 is 1. The number of rotatable bonds is 6. The van der Waals surface area contributed by atoms with Gasteiger partial charge < -0.3 is 19.4 Å². The van der Waals surface area contributed by atoms with Crippen LogP contribution in [0.1, 0.15) is 18.7 Å². The van der Waals surface area contributed by atoms with Crippen molar-refractivity contribution in [3.8, 4) is 0 Å². The maximum absolute atomic E-state index is 5.55. The summed E-state index contributed by atoms with van der Waals surface area (Å²) in [5.41, 5.74) is 0. The van der Waals surface area contributed by atoms with Crippen molar-refractivity contribution in [1.29, 1.82) is 0 Å². The Morgan fingerprint density at radius 2 is 2.19 bits per heavy atom. The molecule has 0 bridgehead atoms. The van der Waals surface area contributed by atoms with Crippen LogP contribution in [0.25, 0.3) is 0 Å². The number of aromatic nitrogens is 2. The van der Waals surface area contributed by atoms with Gasteiger partial charge in [-0.1, -0.05) is 5.10 Å². The molecular formula is C10H18N4O2. The second-order valence-electron chi connectivity index (χ2n) is 3.84. The third-order valence-corrected chi connectivity index (χ3v) is 2.59. The normalized spacial score (nSPS) is 15.9. The van der Waals surface area contributed by atoms with Crippen LogP contribution in [-0.4, -0.2) is 43.5 Å². The molecule has 90 valence electrons. The Morgan fingerprint density at radius 1 is 1.38 bits per heavy atom. The van der Waals surface area contributed by atoms with Gasteiger partial charge in [-0.3, -0.25) is 0 Å². The summed E-state index contributed by atoms with van der Waals surface area (Å²) in [5.74, 6) is 0.637. The van der Waals surface area contributed by atoms with Crippen molar-refractivity contribution in [2.24, 2.45) is 0 Å². The van der Waals surface area contributed by atoms with E-state index < -0.39 is 0 Å². The molecule has 2 heterocycles. The van der Waals surface area contributed by atoms with Gasteiger partial charge in [0, 0.05) is 26.7 Å². The lowest BCUT2D eigenvalue weighted by atomic mass is 10.4. The molecule has 0 saturated carbocycles. The van der Waals surface area contributed by atoms with E-state index in [4.69, 9.17) is 9.15 Å². The van der Waals surface area contributed by atoms with E-state index >= 15 is 0 Å². The number of hydrogen-bond acceptors (Lipinski definition) is 6. The van der Waals surface area contributed by atoms with E-state index in [9.17, 15) is 0 Å². The van der Waals surface area contributed by atoms with E-state index in [-0.39, 0.29) is 0 Å². The molecule has 2 rings (SSSR count). The zero-order valence-corrected chi connectivity index (χ0v) is 9.61. The maximum Gasteiger partial charge on any atom is 0.318 e. The van der Waals surface area contributed by atoms with Gasteiger partial charge in [0.2, 0.25) is 5.89 Å². The van der Waals surface area contributed by atoms with Crippen LogP contribution in [0, 0.1) is 0 Å². The van der Waals surface area contributed by atoms with Crippen molar-refractivity contribution in [2.45, 2.75) is 19.4 Å². The summed E-state index contributed by atoms with van der Waals surface area (Å²) in [6.07, 6.45) is 2.42. The first-order chi connectivity index (χ1) is 7.90. The van der Waals surface area contributed by atoms with Gasteiger partial charge in [-0.25, -0.2) is 0 Å². The molecule has 0 aromatic carbocycles. The van der Waals surface area contributed by atoms with Crippen molar-refractivity contribution in [3.05, 3.63) is 5.89 Å². The van der Waals surface area contributed by atoms with Gasteiger partial charge >= 0.3 is 6.01 Å². The largest absolute Gasteiger partial charge is 0.407 e. The lowest BCUT2D eigenvalue weighted by molar-refractivity contribution is 0.198. The standard InChI is InChI=1S/C10H18N4O2/c1-15-7-4-11-8-9-12-13-10(16-9)14-5-2-3-6-14/h11H,2-8H2,1H3. The first kappa shape index (κ1) is 11.3. The molecule has 1 N–H and O–H groups in total. The van der Waals surface area contributed by atoms with Gasteiger partial charge in [-0.15, -0.1) is 5.10 Å². The third kappa shape index (κ3) is 2.93. The average Bonchev–Trinajstić information content (AvgIpc) is 2.94. The number of nitrogens with one attached hydrogen (secondary N) is 1. The Bertz CT molecular complexity index is 310. The van der Waals surface area contributed by atoms with Crippen molar-refractivity contribution < 1.29 is 9.15 Å². The van der Waals surface area contributed by atoms with E-state index in [1.807, 2.05) is 0 Å². The Balaban J connectivity index is 1.77. The SMILES string of the molecule is COCCNCc1nnc(N2CCCC2)o1. The molecule has 0 atom stereocenters. The summed E-state index contributed by atoms with van der Waals surface area (Å²) in [6, 6.07) is 0.654. The summed E-state index contributed by atoms with van der Waals surface area (Å²) < 4.78 is 10.5. The molecular weight excluding hydrogens is 208 g/mol. The average molecular weight is 226 g/mol. The van der Waals surface area contributed by atoms with Crippen LogP contribution >= 0.6 is 0 Å². The maximum atomic E-state index is 5.55. The van der Waals surface area contributed by atoms with E-state index in [2.05, 4.69) is 20.4 Å². The van der Waals surface area contributed by atoms with Crippen LogP contribution in [0.2, 0.25) is 0 Å². The Labute approximate surface area is 95.0 Å². The highest BCUT2D eigenvalue weighted by atomic mass is 16.5. The highest BCUT2D eigenvalue weighted by molar-refractivity contribution is 5.25. The third-order valence-electron chi connectivity index (χ3n) is 2.59. The predicted octanol–water partition coefficient (Wildman–Crippen LogP) is 0.406. The monoisotopic (exact) mass is 226 g/mol. The molecule has 1 aliphatic rings. The minimum atomic E-state index is 0.601. The summed E-state index contributed by atoms with van der Waals surface area (Å²) in [4.78, 5) is 2.13. The summed E-state index contributed by atoms with van der Waals surface area (Å²) in [5, 5.41) is 11.2. The first-order valence-electron chi connectivity index (χ1n) is 5.67. The van der Waals surface area contributed by atoms with E-state index in [1.54, 1.807) is 7.11 Å². The van der Waals surface area contributed by atoms with Crippen molar-refractivity contribution in [2.75, 3.05) is 38.3 Å². The van der Waals surface area contributed by atoms with E-state index in [1.165, 1.54) is 12.8 Å². The highest BCUT2D eigenvalue weighted by Crippen LogP contribution is 2.17. The van der Waals surface area contributed by atoms with Crippen molar-refractivity contribution in [1.82, 2.24) is 15.5 Å². The topological polar surface area (TPSA) is 63.4 Å². The van der Waals surface area contributed by atoms with Crippen LogP contribution in [0.4, 0.5) is 6.01 Å². The van der Waals surface area contributed by atoms with Crippen LogP contribution in [-0.2, 0) is 11.3 Å². The molecule has 0 unspecified atom stereocenters. The second-order valence-corrected chi connectivity index (χ2v) is 3.84. The fourth-order valence-electron chi connectivity index (χ4n) is 1.72. The fraction of sp³-hybridized carbons (Fsp3) is 0.800. The van der Waals surface area contributed by atoms with Gasteiger partial charge in [-0.05, 0) is 12.8 Å². The number of hydrogen-bond donors (Lipinski definition) is 1. The molecule has 0 aliphatic carbocycles. The predicted molar refractivity (Wildman–Crippen MR) is 59.3 cm³/mol. The molecule has 1 fully saturated rings. The first-order valence-corrected chi connectivity index (χ1v) is 5.67. The molecule has 0 amide bonds. The molecule has 1 saturated heterocycles. The van der Waals surface area contributed by atoms with Gasteiger partial charge in [0.25, 0.3) is 0 Å². The van der Waals surface area contributed by atoms with Gasteiger partial charge in [0.1, 0.15) is 0 Å². The number of nitrogens with zero attached hydrogens (tertiary/aromatic N) is 3. The summed E-state index contributed by atoms with van der Waals surface area (Å²) in [7, 11) is 1.68. The fourth-order valence-corrected chi connectivity index (χ4v) is 1.72. The molecule has 0 radical (unpaired) electrons. The van der Waals surface area contributed by atoms with Crippen LogP contribution in [0.5, 0.6) is 0 Å². The summed E-state index contributed by atoms with van der Waals surface area (Å²) in [6.45, 7) is 4.13. The smallest absolute Gasteiger partial charge is 0.318 e. The minimum absolute atomic E-state index is 0.601. The zero-order chi connectivity index (χ0) is 11.2. The quantitative estimate of drug-likeness (QED) is 0.709. The second kappa shape index (κ2) is 5.81. The van der Waals surface area contributed by atoms with Gasteiger partial charge in [0.15, 0.2) is 0 Å². The molecule has 16 heavy (non-hydrogen) atoms. The molecule has 6 nitrogen and oxygen atoms in total. The highest BCUT2D eigenvalue weighted by Gasteiger charge is 2.17. The van der Waals surface area contributed by atoms with Crippen molar-refractivity contribution >= 4 is 6.01 Å². The van der Waals surface area contributed by atoms with Crippen LogP contribution in [0.3, 0.4) is 0 Å². The van der Waals surface area contributed by atoms with E-state index in [0.29, 0.717) is 25.1 Å². The number of ether oxygens (including phenoxy) is 1. The zero-order valence-electron chi connectivity index (χ0n) is 9.61. The summed E-state index contributed by atoms with van der Waals surface area (Å²) >= 11 is 0. The van der Waals surface area contributed by atoms with E-state index in [0.717, 1.165) is 19.6 Å². The molecule has 1 aromatic heterocycles. The molecule has 0 spiro atoms. The van der Waals surface area contributed by atoms with Gasteiger partial charge in [-0.2, -0.15) is 0 Å². The Hall–Kier alpha value is -1.14. The lowest BCUT2D eigenvalue weighted by Gasteiger charge is -2.09. The van der Waals surface area contributed by atoms with Gasteiger partial charge in [0.05, 0.1) is 13.2 Å². The molecule has 1 aliphatic heterocycles. The number of anilines is 1. The Kier molecular flexibility index (Phi) is 4.12. The Morgan fingerprint density at radius 3 is 2.94 bits per heavy atom.